The molecule has 0 bridgehead atoms. The van der Waals surface area contributed by atoms with Crippen molar-refractivity contribution >= 4 is 0 Å². The normalized spacial score (nSPS) is 21.5. The van der Waals surface area contributed by atoms with Crippen LogP contribution in [0.25, 0.3) is 0 Å². The molecule has 0 amide bonds. The number of ether oxygens (including phenoxy) is 1. The highest BCUT2D eigenvalue weighted by Gasteiger charge is 2.14. The van der Waals surface area contributed by atoms with Crippen molar-refractivity contribution in [2.75, 3.05) is 13.2 Å². The van der Waals surface area contributed by atoms with E-state index in [1.807, 2.05) is 6.92 Å². The molecule has 2 nitrogen and oxygen atoms in total. The average molecular weight is 171 g/mol. The molecular weight excluding hydrogens is 150 g/mol. The van der Waals surface area contributed by atoms with Crippen LogP contribution in [0.5, 0.6) is 0 Å². The number of hydrogen-bond donors (Lipinski definition) is 1. The fourth-order valence-electron chi connectivity index (χ4n) is 1.82. The lowest BCUT2D eigenvalue weighted by Crippen LogP contribution is -2.22. The zero-order valence-corrected chi connectivity index (χ0v) is 8.09. The summed E-state index contributed by atoms with van der Waals surface area (Å²) in [4.78, 5) is 0. The minimum atomic E-state index is 0.188. The van der Waals surface area contributed by atoms with Gasteiger partial charge in [-0.15, -0.1) is 0 Å². The van der Waals surface area contributed by atoms with Gasteiger partial charge in [-0.3, -0.25) is 0 Å². The van der Waals surface area contributed by atoms with Crippen molar-refractivity contribution in [1.82, 2.24) is 0 Å². The lowest BCUT2D eigenvalue weighted by Gasteiger charge is -2.10. The van der Waals surface area contributed by atoms with Crippen LogP contribution in [0.4, 0.5) is 0 Å². The van der Waals surface area contributed by atoms with Crippen LogP contribution in [0.2, 0.25) is 0 Å². The van der Waals surface area contributed by atoms with E-state index in [1.54, 1.807) is 0 Å². The van der Waals surface area contributed by atoms with Crippen molar-refractivity contribution in [3.8, 4) is 0 Å². The second-order valence-corrected chi connectivity index (χ2v) is 3.99. The van der Waals surface area contributed by atoms with Gasteiger partial charge in [0.2, 0.25) is 0 Å². The molecule has 12 heavy (non-hydrogen) atoms. The molecule has 1 fully saturated rings. The predicted octanol–water partition coefficient (Wildman–Crippen LogP) is 1.93. The van der Waals surface area contributed by atoms with E-state index in [2.05, 4.69) is 0 Å². The van der Waals surface area contributed by atoms with E-state index in [0.29, 0.717) is 6.61 Å². The molecule has 0 saturated heterocycles. The second kappa shape index (κ2) is 5.55. The molecule has 1 unspecified atom stereocenters. The first-order valence-electron chi connectivity index (χ1n) is 5.12. The minimum absolute atomic E-state index is 0.188. The molecule has 0 aliphatic heterocycles. The molecule has 0 aromatic heterocycles. The smallest absolute Gasteiger partial charge is 0.0614 e. The van der Waals surface area contributed by atoms with Gasteiger partial charge in [-0.05, 0) is 19.3 Å². The van der Waals surface area contributed by atoms with Gasteiger partial charge in [0, 0.05) is 12.6 Å². The van der Waals surface area contributed by atoms with Crippen molar-refractivity contribution in [2.45, 2.75) is 45.1 Å². The maximum Gasteiger partial charge on any atom is 0.0614 e. The average Bonchev–Trinajstić information content (AvgIpc) is 2.49. The van der Waals surface area contributed by atoms with E-state index in [9.17, 15) is 0 Å². The summed E-state index contributed by atoms with van der Waals surface area (Å²) in [6.45, 7) is 3.61. The van der Waals surface area contributed by atoms with Crippen LogP contribution >= 0.6 is 0 Å². The molecule has 0 aromatic rings. The molecule has 2 heteroatoms. The summed E-state index contributed by atoms with van der Waals surface area (Å²) in [7, 11) is 0. The third-order valence-corrected chi connectivity index (χ3v) is 2.53. The van der Waals surface area contributed by atoms with Gasteiger partial charge in [0.15, 0.2) is 0 Å². The molecule has 0 heterocycles. The molecule has 1 aliphatic rings. The Labute approximate surface area is 75.5 Å². The first kappa shape index (κ1) is 10.0. The van der Waals surface area contributed by atoms with Crippen molar-refractivity contribution < 1.29 is 4.74 Å². The quantitative estimate of drug-likeness (QED) is 0.641. The van der Waals surface area contributed by atoms with E-state index in [1.165, 1.54) is 32.1 Å². The van der Waals surface area contributed by atoms with E-state index >= 15 is 0 Å². The van der Waals surface area contributed by atoms with Gasteiger partial charge in [-0.2, -0.15) is 0 Å². The summed E-state index contributed by atoms with van der Waals surface area (Å²) in [5.74, 6) is 0.943. The first-order chi connectivity index (χ1) is 5.79. The molecule has 0 radical (unpaired) electrons. The van der Waals surface area contributed by atoms with Crippen molar-refractivity contribution in [2.24, 2.45) is 11.7 Å². The molecule has 1 saturated carbocycles. The minimum Gasteiger partial charge on any atom is -0.380 e. The van der Waals surface area contributed by atoms with Gasteiger partial charge in [0.25, 0.3) is 0 Å². The van der Waals surface area contributed by atoms with Crippen LogP contribution in [0.15, 0.2) is 0 Å². The molecule has 2 N–H and O–H groups in total. The zero-order chi connectivity index (χ0) is 8.81. The maximum absolute atomic E-state index is 5.56. The van der Waals surface area contributed by atoms with Gasteiger partial charge in [-0.25, -0.2) is 0 Å². The number of nitrogens with two attached hydrogens (primary N) is 1. The van der Waals surface area contributed by atoms with Gasteiger partial charge in [0.05, 0.1) is 6.61 Å². The van der Waals surface area contributed by atoms with Crippen molar-refractivity contribution in [3.05, 3.63) is 0 Å². The zero-order valence-electron chi connectivity index (χ0n) is 8.09. The topological polar surface area (TPSA) is 35.2 Å². The Morgan fingerprint density at radius 3 is 2.67 bits per heavy atom. The standard InChI is InChI=1S/C10H21NO/c1-9(11)8-12-7-6-10-4-2-3-5-10/h9-10H,2-8,11H2,1H3. The third kappa shape index (κ3) is 4.07. The van der Waals surface area contributed by atoms with Crippen LogP contribution in [0.1, 0.15) is 39.0 Å². The molecule has 1 rings (SSSR count). The second-order valence-electron chi connectivity index (χ2n) is 3.99. The highest BCUT2D eigenvalue weighted by atomic mass is 16.5. The van der Waals surface area contributed by atoms with Gasteiger partial charge < -0.3 is 10.5 Å². The molecule has 0 aromatic carbocycles. The highest BCUT2D eigenvalue weighted by Crippen LogP contribution is 2.27. The molecule has 72 valence electrons. The molecular formula is C10H21NO. The summed E-state index contributed by atoms with van der Waals surface area (Å²) in [6, 6.07) is 0.188. The Morgan fingerprint density at radius 2 is 2.08 bits per heavy atom. The predicted molar refractivity (Wildman–Crippen MR) is 51.0 cm³/mol. The Balaban J connectivity index is 1.88. The Kier molecular flexibility index (Phi) is 4.62. The van der Waals surface area contributed by atoms with Crippen LogP contribution in [0, 0.1) is 5.92 Å². The molecule has 0 spiro atoms. The van der Waals surface area contributed by atoms with Crippen LogP contribution in [0.3, 0.4) is 0 Å². The lowest BCUT2D eigenvalue weighted by molar-refractivity contribution is 0.112. The van der Waals surface area contributed by atoms with E-state index in [0.717, 1.165) is 12.5 Å². The van der Waals surface area contributed by atoms with Gasteiger partial charge in [-0.1, -0.05) is 25.7 Å². The van der Waals surface area contributed by atoms with Crippen LogP contribution in [-0.2, 0) is 4.74 Å². The number of rotatable bonds is 5. The SMILES string of the molecule is CC(N)COCCC1CCCC1. The summed E-state index contributed by atoms with van der Waals surface area (Å²) in [5, 5.41) is 0. The lowest BCUT2D eigenvalue weighted by atomic mass is 10.1. The van der Waals surface area contributed by atoms with Gasteiger partial charge >= 0.3 is 0 Å². The summed E-state index contributed by atoms with van der Waals surface area (Å²) in [6.07, 6.45) is 6.94. The first-order valence-corrected chi connectivity index (χ1v) is 5.12. The summed E-state index contributed by atoms with van der Waals surface area (Å²) >= 11 is 0. The number of hydrogen-bond acceptors (Lipinski definition) is 2. The maximum atomic E-state index is 5.56. The van der Waals surface area contributed by atoms with E-state index in [-0.39, 0.29) is 6.04 Å². The van der Waals surface area contributed by atoms with E-state index in [4.69, 9.17) is 10.5 Å². The fourth-order valence-corrected chi connectivity index (χ4v) is 1.82. The Hall–Kier alpha value is -0.0800. The largest absolute Gasteiger partial charge is 0.380 e. The fraction of sp³-hybridized carbons (Fsp3) is 1.00. The summed E-state index contributed by atoms with van der Waals surface area (Å²) < 4.78 is 5.43. The Morgan fingerprint density at radius 1 is 1.42 bits per heavy atom. The Bertz CT molecular complexity index is 108. The van der Waals surface area contributed by atoms with Gasteiger partial charge in [0.1, 0.15) is 0 Å². The summed E-state index contributed by atoms with van der Waals surface area (Å²) in [5.41, 5.74) is 5.56. The van der Waals surface area contributed by atoms with Crippen molar-refractivity contribution in [3.63, 3.8) is 0 Å². The molecule has 1 aliphatic carbocycles. The third-order valence-electron chi connectivity index (χ3n) is 2.53. The highest BCUT2D eigenvalue weighted by molar-refractivity contribution is 4.66. The van der Waals surface area contributed by atoms with Crippen LogP contribution in [-0.4, -0.2) is 19.3 Å². The van der Waals surface area contributed by atoms with Crippen LogP contribution < -0.4 is 5.73 Å². The van der Waals surface area contributed by atoms with E-state index < -0.39 is 0 Å². The monoisotopic (exact) mass is 171 g/mol. The van der Waals surface area contributed by atoms with Crippen molar-refractivity contribution in [1.29, 1.82) is 0 Å². The molecule has 1 atom stereocenters.